The van der Waals surface area contributed by atoms with E-state index in [1.165, 1.54) is 11.3 Å². The van der Waals surface area contributed by atoms with Crippen molar-refractivity contribution in [1.29, 1.82) is 0 Å². The molecule has 2 rings (SSSR count). The molecular weight excluding hydrogens is 286 g/mol. The average Bonchev–Trinajstić information content (AvgIpc) is 2.97. The molecule has 1 aromatic rings. The zero-order chi connectivity index (χ0) is 15.2. The first kappa shape index (κ1) is 16.4. The SMILES string of the molecule is CCCc1ncc(C(=O)N2CCN(C(CC)CO)CC2)s1. The lowest BCUT2D eigenvalue weighted by molar-refractivity contribution is 0.0476. The highest BCUT2D eigenvalue weighted by Gasteiger charge is 2.26. The van der Waals surface area contributed by atoms with Crippen molar-refractivity contribution >= 4 is 17.2 Å². The Kier molecular flexibility index (Phi) is 6.14. The van der Waals surface area contributed by atoms with Gasteiger partial charge in [0.2, 0.25) is 0 Å². The largest absolute Gasteiger partial charge is 0.395 e. The van der Waals surface area contributed by atoms with Crippen molar-refractivity contribution in [3.05, 3.63) is 16.1 Å². The van der Waals surface area contributed by atoms with E-state index in [4.69, 9.17) is 0 Å². The van der Waals surface area contributed by atoms with E-state index in [2.05, 4.69) is 23.7 Å². The second-order valence-electron chi connectivity index (χ2n) is 5.44. The van der Waals surface area contributed by atoms with Gasteiger partial charge in [0.15, 0.2) is 0 Å². The van der Waals surface area contributed by atoms with Crippen LogP contribution in [0.2, 0.25) is 0 Å². The summed E-state index contributed by atoms with van der Waals surface area (Å²) < 4.78 is 0. The van der Waals surface area contributed by atoms with Gasteiger partial charge < -0.3 is 10.0 Å². The van der Waals surface area contributed by atoms with Crippen molar-refractivity contribution < 1.29 is 9.90 Å². The molecule has 1 amide bonds. The minimum absolute atomic E-state index is 0.103. The highest BCUT2D eigenvalue weighted by molar-refractivity contribution is 7.13. The summed E-state index contributed by atoms with van der Waals surface area (Å²) in [6.07, 6.45) is 4.66. The molecular formula is C15H25N3O2S. The van der Waals surface area contributed by atoms with E-state index in [1.54, 1.807) is 6.20 Å². The Hall–Kier alpha value is -0.980. The number of thiazole rings is 1. The number of aryl methyl sites for hydroxylation is 1. The molecule has 1 aliphatic heterocycles. The predicted octanol–water partition coefficient (Wildman–Crippen LogP) is 1.62. The maximum absolute atomic E-state index is 12.5. The standard InChI is InChI=1S/C15H25N3O2S/c1-3-5-14-16-10-13(21-14)15(20)18-8-6-17(7-9-18)12(4-2)11-19/h10,12,19H,3-9,11H2,1-2H3. The topological polar surface area (TPSA) is 56.7 Å². The van der Waals surface area contributed by atoms with Crippen molar-refractivity contribution in [3.8, 4) is 0 Å². The number of piperazine rings is 1. The Morgan fingerprint density at radius 1 is 1.38 bits per heavy atom. The van der Waals surface area contributed by atoms with Crippen LogP contribution in [0.25, 0.3) is 0 Å². The molecule has 6 heteroatoms. The van der Waals surface area contributed by atoms with E-state index >= 15 is 0 Å². The first-order chi connectivity index (χ1) is 10.2. The van der Waals surface area contributed by atoms with Crippen LogP contribution in [-0.2, 0) is 6.42 Å². The van der Waals surface area contributed by atoms with Gasteiger partial charge in [0.1, 0.15) is 4.88 Å². The van der Waals surface area contributed by atoms with Crippen LogP contribution >= 0.6 is 11.3 Å². The van der Waals surface area contributed by atoms with Crippen LogP contribution in [0, 0.1) is 0 Å². The highest BCUT2D eigenvalue weighted by atomic mass is 32.1. The Bertz CT molecular complexity index is 452. The molecule has 0 saturated carbocycles. The molecule has 0 aliphatic carbocycles. The number of aromatic nitrogens is 1. The average molecular weight is 311 g/mol. The molecule has 118 valence electrons. The van der Waals surface area contributed by atoms with E-state index in [9.17, 15) is 9.90 Å². The molecule has 1 fully saturated rings. The number of aliphatic hydroxyl groups excluding tert-OH is 1. The number of nitrogens with zero attached hydrogens (tertiary/aromatic N) is 3. The number of carbonyl (C=O) groups is 1. The van der Waals surface area contributed by atoms with Gasteiger partial charge in [-0.05, 0) is 19.3 Å². The molecule has 1 aromatic heterocycles. The molecule has 1 atom stereocenters. The number of hydrogen-bond acceptors (Lipinski definition) is 5. The van der Waals surface area contributed by atoms with Gasteiger partial charge in [-0.25, -0.2) is 4.98 Å². The second-order valence-corrected chi connectivity index (χ2v) is 6.56. The fourth-order valence-electron chi connectivity index (χ4n) is 2.69. The Morgan fingerprint density at radius 2 is 2.10 bits per heavy atom. The summed E-state index contributed by atoms with van der Waals surface area (Å²) in [6, 6.07) is 0.224. The smallest absolute Gasteiger partial charge is 0.265 e. The number of carbonyl (C=O) groups excluding carboxylic acids is 1. The van der Waals surface area contributed by atoms with Crippen LogP contribution in [0.5, 0.6) is 0 Å². The Morgan fingerprint density at radius 3 is 2.67 bits per heavy atom. The summed E-state index contributed by atoms with van der Waals surface area (Å²) in [7, 11) is 0. The molecule has 1 N–H and O–H groups in total. The molecule has 1 saturated heterocycles. The third kappa shape index (κ3) is 4.02. The van der Waals surface area contributed by atoms with Gasteiger partial charge in [0.25, 0.3) is 5.91 Å². The zero-order valence-corrected chi connectivity index (χ0v) is 13.7. The van der Waals surface area contributed by atoms with Gasteiger partial charge in [0, 0.05) is 32.2 Å². The van der Waals surface area contributed by atoms with Crippen molar-refractivity contribution in [2.24, 2.45) is 0 Å². The molecule has 21 heavy (non-hydrogen) atoms. The van der Waals surface area contributed by atoms with Crippen LogP contribution in [0.4, 0.5) is 0 Å². The highest BCUT2D eigenvalue weighted by Crippen LogP contribution is 2.18. The lowest BCUT2D eigenvalue weighted by Crippen LogP contribution is -2.52. The van der Waals surface area contributed by atoms with Crippen molar-refractivity contribution in [1.82, 2.24) is 14.8 Å². The fraction of sp³-hybridized carbons (Fsp3) is 0.733. The number of hydrogen-bond donors (Lipinski definition) is 1. The summed E-state index contributed by atoms with van der Waals surface area (Å²) in [5.41, 5.74) is 0. The first-order valence-corrected chi connectivity index (χ1v) is 8.60. The summed E-state index contributed by atoms with van der Waals surface area (Å²) in [5.74, 6) is 0.103. The molecule has 0 spiro atoms. The van der Waals surface area contributed by atoms with E-state index in [0.29, 0.717) is 0 Å². The minimum atomic E-state index is 0.103. The number of rotatable bonds is 6. The van der Waals surface area contributed by atoms with Gasteiger partial charge in [-0.15, -0.1) is 11.3 Å². The number of amides is 1. The van der Waals surface area contributed by atoms with Crippen molar-refractivity contribution in [3.63, 3.8) is 0 Å². The van der Waals surface area contributed by atoms with Gasteiger partial charge in [0.05, 0.1) is 17.8 Å². The molecule has 0 bridgehead atoms. The minimum Gasteiger partial charge on any atom is -0.395 e. The van der Waals surface area contributed by atoms with E-state index in [0.717, 1.165) is 55.3 Å². The maximum Gasteiger partial charge on any atom is 0.265 e. The van der Waals surface area contributed by atoms with Crippen LogP contribution < -0.4 is 0 Å². The van der Waals surface area contributed by atoms with E-state index in [1.807, 2.05) is 4.90 Å². The van der Waals surface area contributed by atoms with Crippen LogP contribution in [0.1, 0.15) is 41.4 Å². The van der Waals surface area contributed by atoms with Crippen LogP contribution in [0.3, 0.4) is 0 Å². The third-order valence-corrected chi connectivity index (χ3v) is 5.07. The van der Waals surface area contributed by atoms with Gasteiger partial charge in [-0.1, -0.05) is 13.8 Å². The Labute approximate surface area is 130 Å². The summed E-state index contributed by atoms with van der Waals surface area (Å²) in [5, 5.41) is 10.4. The summed E-state index contributed by atoms with van der Waals surface area (Å²) in [6.45, 7) is 7.54. The summed E-state index contributed by atoms with van der Waals surface area (Å²) >= 11 is 1.52. The van der Waals surface area contributed by atoms with E-state index in [-0.39, 0.29) is 18.6 Å². The molecule has 1 unspecified atom stereocenters. The van der Waals surface area contributed by atoms with Crippen molar-refractivity contribution in [2.75, 3.05) is 32.8 Å². The van der Waals surface area contributed by atoms with Gasteiger partial charge in [-0.2, -0.15) is 0 Å². The molecule has 2 heterocycles. The van der Waals surface area contributed by atoms with Gasteiger partial charge >= 0.3 is 0 Å². The first-order valence-electron chi connectivity index (χ1n) is 7.78. The third-order valence-electron chi connectivity index (χ3n) is 4.03. The molecule has 0 aromatic carbocycles. The van der Waals surface area contributed by atoms with Crippen molar-refractivity contribution in [2.45, 2.75) is 39.2 Å². The normalized spacial score (nSPS) is 18.0. The molecule has 1 aliphatic rings. The lowest BCUT2D eigenvalue weighted by Gasteiger charge is -2.38. The second kappa shape index (κ2) is 7.87. The zero-order valence-electron chi connectivity index (χ0n) is 12.9. The van der Waals surface area contributed by atoms with Gasteiger partial charge in [-0.3, -0.25) is 9.69 Å². The summed E-state index contributed by atoms with van der Waals surface area (Å²) in [4.78, 5) is 21.7. The monoisotopic (exact) mass is 311 g/mol. The van der Waals surface area contributed by atoms with Crippen LogP contribution in [0.15, 0.2) is 6.20 Å². The van der Waals surface area contributed by atoms with Crippen LogP contribution in [-0.4, -0.2) is 64.6 Å². The lowest BCUT2D eigenvalue weighted by atomic mass is 10.1. The molecule has 5 nitrogen and oxygen atoms in total. The quantitative estimate of drug-likeness (QED) is 0.867. The Balaban J connectivity index is 1.90. The fourth-order valence-corrected chi connectivity index (χ4v) is 3.67. The van der Waals surface area contributed by atoms with E-state index < -0.39 is 0 Å². The number of aliphatic hydroxyl groups is 1. The maximum atomic E-state index is 12.5. The molecule has 0 radical (unpaired) electrons. The predicted molar refractivity (Wildman–Crippen MR) is 84.8 cm³/mol.